The Kier molecular flexibility index (Phi) is 4.78. The summed E-state index contributed by atoms with van der Waals surface area (Å²) in [7, 11) is 0. The molecule has 17 heavy (non-hydrogen) atoms. The standard InChI is InChI=1S/C14H26N2S/c1-10(2)12-6-4-5-7-13(12)16-14-15-8-11(3)9-17-14/h10-13H,4-9H2,1-3H3,(H,15,16). The van der Waals surface area contributed by atoms with Crippen LogP contribution in [0.3, 0.4) is 0 Å². The van der Waals surface area contributed by atoms with E-state index in [1.807, 2.05) is 11.8 Å². The van der Waals surface area contributed by atoms with E-state index in [1.54, 1.807) is 0 Å². The Morgan fingerprint density at radius 1 is 1.29 bits per heavy atom. The molecule has 0 saturated heterocycles. The zero-order valence-corrected chi connectivity index (χ0v) is 12.2. The van der Waals surface area contributed by atoms with Gasteiger partial charge in [-0.05, 0) is 30.6 Å². The van der Waals surface area contributed by atoms with Gasteiger partial charge in [-0.1, -0.05) is 45.4 Å². The maximum Gasteiger partial charge on any atom is 0.156 e. The van der Waals surface area contributed by atoms with Crippen molar-refractivity contribution in [1.82, 2.24) is 5.32 Å². The van der Waals surface area contributed by atoms with E-state index in [-0.39, 0.29) is 0 Å². The van der Waals surface area contributed by atoms with Crippen molar-refractivity contribution in [3.8, 4) is 0 Å². The van der Waals surface area contributed by atoms with Gasteiger partial charge >= 0.3 is 0 Å². The summed E-state index contributed by atoms with van der Waals surface area (Å²) in [4.78, 5) is 4.67. The summed E-state index contributed by atoms with van der Waals surface area (Å²) in [6.07, 6.45) is 5.52. The van der Waals surface area contributed by atoms with Gasteiger partial charge in [0, 0.05) is 18.3 Å². The van der Waals surface area contributed by atoms with Crippen LogP contribution in [-0.4, -0.2) is 23.5 Å². The molecule has 0 aromatic carbocycles. The highest BCUT2D eigenvalue weighted by molar-refractivity contribution is 8.13. The van der Waals surface area contributed by atoms with Crippen molar-refractivity contribution in [1.29, 1.82) is 0 Å². The van der Waals surface area contributed by atoms with Gasteiger partial charge in [0.15, 0.2) is 5.17 Å². The molecule has 1 fully saturated rings. The maximum absolute atomic E-state index is 4.67. The van der Waals surface area contributed by atoms with Gasteiger partial charge in [0.05, 0.1) is 0 Å². The second-order valence-corrected chi connectivity index (χ2v) is 7.01. The summed E-state index contributed by atoms with van der Waals surface area (Å²) in [5.41, 5.74) is 0. The summed E-state index contributed by atoms with van der Waals surface area (Å²) in [5, 5.41) is 4.93. The molecule has 0 aromatic heterocycles. The predicted octanol–water partition coefficient (Wildman–Crippen LogP) is 3.53. The maximum atomic E-state index is 4.67. The van der Waals surface area contributed by atoms with Crippen LogP contribution in [0, 0.1) is 17.8 Å². The first kappa shape index (κ1) is 13.3. The molecule has 98 valence electrons. The van der Waals surface area contributed by atoms with Crippen molar-refractivity contribution in [2.45, 2.75) is 52.5 Å². The van der Waals surface area contributed by atoms with E-state index in [2.05, 4.69) is 31.1 Å². The van der Waals surface area contributed by atoms with Crippen molar-refractivity contribution in [3.05, 3.63) is 0 Å². The first-order valence-corrected chi connectivity index (χ1v) is 8.09. The lowest BCUT2D eigenvalue weighted by Crippen LogP contribution is -2.44. The Labute approximate surface area is 110 Å². The first-order valence-electron chi connectivity index (χ1n) is 7.10. The molecule has 3 heteroatoms. The molecule has 0 radical (unpaired) electrons. The average Bonchev–Trinajstić information content (AvgIpc) is 2.32. The Bertz CT molecular complexity index is 275. The Balaban J connectivity index is 1.92. The second kappa shape index (κ2) is 6.12. The zero-order chi connectivity index (χ0) is 12.3. The van der Waals surface area contributed by atoms with Crippen LogP contribution in [0.2, 0.25) is 0 Å². The highest BCUT2D eigenvalue weighted by Crippen LogP contribution is 2.31. The molecule has 0 amide bonds. The molecule has 3 unspecified atom stereocenters. The van der Waals surface area contributed by atoms with Crippen LogP contribution in [0.1, 0.15) is 46.5 Å². The zero-order valence-electron chi connectivity index (χ0n) is 11.4. The van der Waals surface area contributed by atoms with Crippen LogP contribution in [-0.2, 0) is 0 Å². The number of amidine groups is 1. The smallest absolute Gasteiger partial charge is 0.156 e. The average molecular weight is 254 g/mol. The number of thioether (sulfide) groups is 1. The molecule has 1 N–H and O–H groups in total. The fourth-order valence-corrected chi connectivity index (χ4v) is 3.89. The van der Waals surface area contributed by atoms with Gasteiger partial charge in [-0.15, -0.1) is 0 Å². The van der Waals surface area contributed by atoms with Crippen LogP contribution in [0.5, 0.6) is 0 Å². The number of rotatable bonds is 2. The molecule has 1 aliphatic carbocycles. The molecule has 2 nitrogen and oxygen atoms in total. The molecule has 0 spiro atoms. The molecule has 0 aromatic rings. The molecule has 3 atom stereocenters. The fraction of sp³-hybridized carbons (Fsp3) is 0.929. The topological polar surface area (TPSA) is 24.4 Å². The van der Waals surface area contributed by atoms with E-state index in [4.69, 9.17) is 0 Å². The third-order valence-corrected chi connectivity index (χ3v) is 5.29. The van der Waals surface area contributed by atoms with Gasteiger partial charge in [-0.3, -0.25) is 4.99 Å². The van der Waals surface area contributed by atoms with E-state index >= 15 is 0 Å². The summed E-state index contributed by atoms with van der Waals surface area (Å²) in [6.45, 7) is 8.02. The highest BCUT2D eigenvalue weighted by atomic mass is 32.2. The van der Waals surface area contributed by atoms with Gasteiger partial charge in [0.25, 0.3) is 0 Å². The van der Waals surface area contributed by atoms with E-state index in [1.165, 1.54) is 36.6 Å². The van der Waals surface area contributed by atoms with Crippen molar-refractivity contribution in [3.63, 3.8) is 0 Å². The van der Waals surface area contributed by atoms with Crippen molar-refractivity contribution in [2.75, 3.05) is 12.3 Å². The number of hydrogen-bond acceptors (Lipinski definition) is 3. The first-order chi connectivity index (χ1) is 8.16. The van der Waals surface area contributed by atoms with Gasteiger partial charge in [-0.25, -0.2) is 0 Å². The molecule has 1 aliphatic heterocycles. The van der Waals surface area contributed by atoms with Gasteiger partial charge < -0.3 is 5.32 Å². The molecule has 2 aliphatic rings. The van der Waals surface area contributed by atoms with Gasteiger partial charge in [-0.2, -0.15) is 0 Å². The lowest BCUT2D eigenvalue weighted by molar-refractivity contribution is 0.225. The molecular formula is C14H26N2S. The SMILES string of the molecule is CC1CN=C(NC2CCCCC2C(C)C)SC1. The summed E-state index contributed by atoms with van der Waals surface area (Å²) < 4.78 is 0. The second-order valence-electron chi connectivity index (χ2n) is 6.01. The number of nitrogens with one attached hydrogen (secondary N) is 1. The third kappa shape index (κ3) is 3.64. The monoisotopic (exact) mass is 254 g/mol. The van der Waals surface area contributed by atoms with Crippen LogP contribution in [0.25, 0.3) is 0 Å². The summed E-state index contributed by atoms with van der Waals surface area (Å²) >= 11 is 1.92. The molecule has 1 heterocycles. The Hall–Kier alpha value is -0.180. The fourth-order valence-electron chi connectivity index (χ4n) is 2.94. The third-order valence-electron chi connectivity index (χ3n) is 4.04. The van der Waals surface area contributed by atoms with E-state index in [9.17, 15) is 0 Å². The van der Waals surface area contributed by atoms with Crippen LogP contribution >= 0.6 is 11.8 Å². The van der Waals surface area contributed by atoms with Crippen molar-refractivity contribution >= 4 is 16.9 Å². The largest absolute Gasteiger partial charge is 0.362 e. The lowest BCUT2D eigenvalue weighted by Gasteiger charge is -2.36. The van der Waals surface area contributed by atoms with E-state index in [0.29, 0.717) is 6.04 Å². The quantitative estimate of drug-likeness (QED) is 0.815. The molecule has 1 saturated carbocycles. The van der Waals surface area contributed by atoms with Crippen LogP contribution < -0.4 is 5.32 Å². The van der Waals surface area contributed by atoms with Crippen LogP contribution in [0.4, 0.5) is 0 Å². The number of hydrogen-bond donors (Lipinski definition) is 1. The van der Waals surface area contributed by atoms with Crippen LogP contribution in [0.15, 0.2) is 4.99 Å². The van der Waals surface area contributed by atoms with E-state index < -0.39 is 0 Å². The van der Waals surface area contributed by atoms with E-state index in [0.717, 1.165) is 24.3 Å². The summed E-state index contributed by atoms with van der Waals surface area (Å²) in [5.74, 6) is 3.61. The Morgan fingerprint density at radius 3 is 2.71 bits per heavy atom. The minimum absolute atomic E-state index is 0.670. The molecular weight excluding hydrogens is 228 g/mol. The predicted molar refractivity (Wildman–Crippen MR) is 77.6 cm³/mol. The normalized spacial score (nSPS) is 34.6. The Morgan fingerprint density at radius 2 is 2.06 bits per heavy atom. The lowest BCUT2D eigenvalue weighted by atomic mass is 9.78. The van der Waals surface area contributed by atoms with Crippen molar-refractivity contribution < 1.29 is 0 Å². The molecule has 0 bridgehead atoms. The van der Waals surface area contributed by atoms with Gasteiger partial charge in [0.1, 0.15) is 0 Å². The highest BCUT2D eigenvalue weighted by Gasteiger charge is 2.28. The number of aliphatic imine (C=N–C) groups is 1. The van der Waals surface area contributed by atoms with Gasteiger partial charge in [0.2, 0.25) is 0 Å². The number of nitrogens with zero attached hydrogens (tertiary/aromatic N) is 1. The minimum Gasteiger partial charge on any atom is -0.362 e. The minimum atomic E-state index is 0.670. The summed E-state index contributed by atoms with van der Waals surface area (Å²) in [6, 6.07) is 0.670. The van der Waals surface area contributed by atoms with Crippen molar-refractivity contribution in [2.24, 2.45) is 22.7 Å². The molecule has 2 rings (SSSR count).